The van der Waals surface area contributed by atoms with E-state index in [1.54, 1.807) is 87.0 Å². The smallest absolute Gasteiger partial charge is 0.276 e. The maximum Gasteiger partial charge on any atom is 0.276 e. The lowest BCUT2D eigenvalue weighted by molar-refractivity contribution is -0.127. The Bertz CT molecular complexity index is 6650. The summed E-state index contributed by atoms with van der Waals surface area (Å²) in [5.74, 6) is -12.5. The van der Waals surface area contributed by atoms with Crippen molar-refractivity contribution in [1.82, 2.24) is 58.3 Å². The molecule has 0 spiro atoms. The summed E-state index contributed by atoms with van der Waals surface area (Å²) in [7, 11) is 0. The quantitative estimate of drug-likeness (QED) is 0.0371. The summed E-state index contributed by atoms with van der Waals surface area (Å²) in [5.41, 5.74) is -0.968. The lowest BCUT2D eigenvalue weighted by Crippen LogP contribution is -2.49. The predicted octanol–water partition coefficient (Wildman–Crippen LogP) is 19.6. The number of carbonyl (C=O) groups excluding carboxylic acids is 3. The average Bonchev–Trinajstić information content (AvgIpc) is 0.728. The molecule has 0 aliphatic carbocycles. The number of aromatic nitrogens is 9. The molecule has 12 heterocycles. The van der Waals surface area contributed by atoms with Gasteiger partial charge in [-0.2, -0.15) is 15.8 Å². The number of aryl methyl sites for hydroxylation is 3. The topological polar surface area (TPSA) is 346 Å². The van der Waals surface area contributed by atoms with Crippen molar-refractivity contribution in [2.24, 2.45) is 0 Å². The number of carbonyl (C=O) groups is 3. The van der Waals surface area contributed by atoms with Gasteiger partial charge < -0.3 is 44.7 Å². The van der Waals surface area contributed by atoms with Crippen LogP contribution in [-0.2, 0) is 14.4 Å². The Morgan fingerprint density at radius 2 is 0.600 bits per heavy atom. The molecule has 3 amide bonds. The zero-order chi connectivity index (χ0) is 98.7. The number of phenolic OH excluding ortho intramolecular Hbond substituents is 3. The lowest BCUT2D eigenvalue weighted by atomic mass is 10.0. The van der Waals surface area contributed by atoms with Crippen LogP contribution >= 0.6 is 104 Å². The van der Waals surface area contributed by atoms with E-state index >= 15 is 13.2 Å². The van der Waals surface area contributed by atoms with Gasteiger partial charge in [0.2, 0.25) is 17.7 Å². The standard InChI is InChI=1S/3C31H25Cl3F2N6O3/c3*1-5-19(43)40-8-10-41(11-9-40)28-16-12-18(32)26(20-23(35)21(33)24(36)22(34)29(20)44)39-30(16)42(31(45)17(28)13-37)27-15(4)6-7-38-25(27)14(2)3/h3*5-7,12,14,44H,1,8-11H2,2-4H3. The molecule has 3 aliphatic rings. The summed E-state index contributed by atoms with van der Waals surface area (Å²) < 4.78 is 93.3. The lowest BCUT2D eigenvalue weighted by Gasteiger charge is -2.36. The maximum absolute atomic E-state index is 15.5. The van der Waals surface area contributed by atoms with Crippen LogP contribution < -0.4 is 31.4 Å². The van der Waals surface area contributed by atoms with Gasteiger partial charge in [-0.15, -0.1) is 0 Å². The van der Waals surface area contributed by atoms with Crippen LogP contribution in [0.5, 0.6) is 17.2 Å². The number of rotatable bonds is 15. The van der Waals surface area contributed by atoms with Crippen LogP contribution in [-0.4, -0.2) is 170 Å². The summed E-state index contributed by atoms with van der Waals surface area (Å²) in [4.78, 5) is 117. The van der Waals surface area contributed by atoms with Gasteiger partial charge in [-0.1, -0.05) is 166 Å². The number of halogens is 15. The van der Waals surface area contributed by atoms with Crippen LogP contribution in [0.3, 0.4) is 0 Å². The van der Waals surface area contributed by atoms with Gasteiger partial charge in [0.25, 0.3) is 16.7 Å². The van der Waals surface area contributed by atoms with Gasteiger partial charge in [0.1, 0.15) is 99.2 Å². The van der Waals surface area contributed by atoms with Crippen LogP contribution in [0.1, 0.15) is 110 Å². The van der Waals surface area contributed by atoms with Gasteiger partial charge in [0.15, 0.2) is 34.9 Å². The normalized spacial score (nSPS) is 13.4. The van der Waals surface area contributed by atoms with Gasteiger partial charge in [0, 0.05) is 113 Å². The molecule has 696 valence electrons. The molecule has 27 nitrogen and oxygen atoms in total. The van der Waals surface area contributed by atoms with E-state index in [4.69, 9.17) is 104 Å². The van der Waals surface area contributed by atoms with Crippen molar-refractivity contribution in [2.45, 2.75) is 80.1 Å². The maximum atomic E-state index is 15.5. The van der Waals surface area contributed by atoms with Crippen LogP contribution in [0.15, 0.2) is 107 Å². The first-order chi connectivity index (χ1) is 64.0. The summed E-state index contributed by atoms with van der Waals surface area (Å²) in [5, 5.41) is 57.9. The van der Waals surface area contributed by atoms with Crippen molar-refractivity contribution in [2.75, 3.05) is 93.2 Å². The van der Waals surface area contributed by atoms with Gasteiger partial charge in [-0.25, -0.2) is 41.3 Å². The molecule has 0 atom stereocenters. The number of anilines is 3. The molecule has 42 heteroatoms. The molecule has 3 N–H and O–H groups in total. The number of hydrogen-bond acceptors (Lipinski definition) is 21. The van der Waals surface area contributed by atoms with Crippen molar-refractivity contribution >= 4 is 172 Å². The number of hydrogen-bond donors (Lipinski definition) is 3. The molecule has 3 saturated heterocycles. The third-order valence-electron chi connectivity index (χ3n) is 23.0. The van der Waals surface area contributed by atoms with Gasteiger partial charge in [-0.05, 0) is 110 Å². The number of nitriles is 3. The molecular weight excluding hydrogens is 1950 g/mol. The Labute approximate surface area is 810 Å². The Kier molecular flexibility index (Phi) is 29.6. The fourth-order valence-corrected chi connectivity index (χ4v) is 18.5. The van der Waals surface area contributed by atoms with Crippen molar-refractivity contribution in [3.8, 4) is 86.3 Å². The number of benzene rings is 3. The van der Waals surface area contributed by atoms with Gasteiger partial charge in [0.05, 0.1) is 100 Å². The molecule has 3 aliphatic heterocycles. The second-order valence-electron chi connectivity index (χ2n) is 32.0. The van der Waals surface area contributed by atoms with Crippen molar-refractivity contribution in [3.05, 3.63) is 255 Å². The fraction of sp³-hybridized carbons (Fsp3) is 0.258. The molecule has 0 saturated carbocycles. The van der Waals surface area contributed by atoms with E-state index in [0.29, 0.717) is 50.8 Å². The zero-order valence-electron chi connectivity index (χ0n) is 72.8. The van der Waals surface area contributed by atoms with Crippen molar-refractivity contribution in [1.29, 1.82) is 15.8 Å². The molecule has 0 radical (unpaired) electrons. The largest absolute Gasteiger partial charge is 0.505 e. The van der Waals surface area contributed by atoms with Gasteiger partial charge >= 0.3 is 0 Å². The third-order valence-corrected chi connectivity index (χ3v) is 25.9. The second kappa shape index (κ2) is 40.1. The number of piperazine rings is 3. The highest BCUT2D eigenvalue weighted by atomic mass is 35.5. The molecule has 3 fully saturated rings. The predicted molar refractivity (Wildman–Crippen MR) is 509 cm³/mol. The molecule has 3 aromatic carbocycles. The third kappa shape index (κ3) is 17.8. The number of amides is 3. The first-order valence-corrected chi connectivity index (χ1v) is 44.5. The molecule has 135 heavy (non-hydrogen) atoms. The van der Waals surface area contributed by atoms with E-state index in [-0.39, 0.29) is 213 Å². The fourth-order valence-electron chi connectivity index (χ4n) is 16.4. The summed E-state index contributed by atoms with van der Waals surface area (Å²) in [6.45, 7) is 30.4. The summed E-state index contributed by atoms with van der Waals surface area (Å²) in [6, 6.07) is 15.4. The molecule has 0 bridgehead atoms. The van der Waals surface area contributed by atoms with Gasteiger partial charge in [-0.3, -0.25) is 57.4 Å². The van der Waals surface area contributed by atoms with Crippen LogP contribution in [0, 0.1) is 89.7 Å². The first kappa shape index (κ1) is 99.7. The highest BCUT2D eigenvalue weighted by Crippen LogP contribution is 2.51. The monoisotopic (exact) mass is 2020 g/mol. The second-order valence-corrected chi connectivity index (χ2v) is 35.5. The number of aromatic hydroxyl groups is 3. The number of pyridine rings is 9. The molecular formula is C93H75Cl9F6N18O9. The van der Waals surface area contributed by atoms with Crippen LogP contribution in [0.25, 0.3) is 83.9 Å². The first-order valence-electron chi connectivity index (χ1n) is 41.1. The molecule has 12 aromatic rings. The number of phenols is 3. The highest BCUT2D eigenvalue weighted by molar-refractivity contribution is 6.40. The van der Waals surface area contributed by atoms with Crippen LogP contribution in [0.4, 0.5) is 43.4 Å². The summed E-state index contributed by atoms with van der Waals surface area (Å²) >= 11 is 55.4. The Balaban J connectivity index is 0.000000171. The Morgan fingerprint density at radius 1 is 0.378 bits per heavy atom. The van der Waals surface area contributed by atoms with E-state index < -0.39 is 116 Å². The number of nitrogens with zero attached hydrogens (tertiary/aromatic N) is 18. The van der Waals surface area contributed by atoms with Crippen molar-refractivity contribution in [3.63, 3.8) is 0 Å². The van der Waals surface area contributed by atoms with E-state index in [1.807, 2.05) is 59.8 Å². The minimum atomic E-state index is -1.37. The average molecular weight is 2020 g/mol. The minimum Gasteiger partial charge on any atom is -0.505 e. The van der Waals surface area contributed by atoms with Crippen molar-refractivity contribution < 1.29 is 56.0 Å². The summed E-state index contributed by atoms with van der Waals surface area (Å²) in [6.07, 6.45) is 8.42. The molecule has 15 rings (SSSR count). The van der Waals surface area contributed by atoms with E-state index in [1.165, 1.54) is 50.1 Å². The Hall–Kier alpha value is -12.7. The van der Waals surface area contributed by atoms with E-state index in [2.05, 4.69) is 49.6 Å². The van der Waals surface area contributed by atoms with E-state index in [0.717, 1.165) is 0 Å². The highest BCUT2D eigenvalue weighted by Gasteiger charge is 2.38. The molecule has 0 unspecified atom stereocenters. The minimum absolute atomic E-state index is 0.0497. The number of fused-ring (bicyclic) bond motifs is 3. The van der Waals surface area contributed by atoms with E-state index in [9.17, 15) is 73.0 Å². The Morgan fingerprint density at radius 3 is 0.800 bits per heavy atom. The van der Waals surface area contributed by atoms with Crippen LogP contribution in [0.2, 0.25) is 45.2 Å². The zero-order valence-corrected chi connectivity index (χ0v) is 79.6. The SMILES string of the molecule is C=CC(=O)N1CCN(c2c(C#N)c(=O)n(-c3c(C)ccnc3C(C)C)c3nc(-c4c(O)c(Cl)c(F)c(Cl)c4F)c(Cl)cc23)CC1.C=CC(=O)N1CCN(c2c(C#N)c(=O)n(-c3c(C)ccnc3C(C)C)c3nc(-c4c(O)c(Cl)c(F)c(Cl)c4F)c(Cl)cc23)CC1.C=CC(=O)N1CCN(c2c(C#N)c(=O)n(-c3c(C)ccnc3C(C)C)c3nc(-c4c(O)c(Cl)c(F)c(Cl)c4F)c(Cl)cc23)CC1. The molecule has 9 aromatic heterocycles.